The molecule has 0 aliphatic heterocycles. The molecule has 96 valence electrons. The molecule has 0 aromatic carbocycles. The molecule has 1 aromatic heterocycles. The van der Waals surface area contributed by atoms with Gasteiger partial charge in [-0.25, -0.2) is 4.98 Å². The van der Waals surface area contributed by atoms with E-state index in [1.807, 2.05) is 0 Å². The van der Waals surface area contributed by atoms with Crippen LogP contribution in [0.15, 0.2) is 18.6 Å². The Morgan fingerprint density at radius 1 is 1.28 bits per heavy atom. The Morgan fingerprint density at radius 2 is 2.17 bits per heavy atom. The van der Waals surface area contributed by atoms with E-state index in [1.165, 1.54) is 25.5 Å². The van der Waals surface area contributed by atoms with Crippen LogP contribution in [0.5, 0.6) is 0 Å². The molecule has 1 aromatic rings. The van der Waals surface area contributed by atoms with Crippen LogP contribution >= 0.6 is 0 Å². The first-order chi connectivity index (χ1) is 8.61. The molecule has 18 heavy (non-hydrogen) atoms. The molecule has 3 rings (SSSR count). The summed E-state index contributed by atoms with van der Waals surface area (Å²) in [6, 6.07) is 0. The molecule has 2 saturated carbocycles. The molecule has 2 aliphatic carbocycles. The third-order valence-corrected chi connectivity index (χ3v) is 4.58. The van der Waals surface area contributed by atoms with Gasteiger partial charge in [0.1, 0.15) is 5.69 Å². The normalized spacial score (nSPS) is 34.3. The highest BCUT2D eigenvalue weighted by atomic mass is 16.2. The van der Waals surface area contributed by atoms with Gasteiger partial charge in [-0.1, -0.05) is 13.3 Å². The summed E-state index contributed by atoms with van der Waals surface area (Å²) < 4.78 is 0. The summed E-state index contributed by atoms with van der Waals surface area (Å²) in [5.41, 5.74) is 0.876. The Hall–Kier alpha value is -1.45. The minimum atomic E-state index is -0.0748. The van der Waals surface area contributed by atoms with E-state index in [2.05, 4.69) is 22.2 Å². The van der Waals surface area contributed by atoms with Crippen LogP contribution in [0.2, 0.25) is 0 Å². The summed E-state index contributed by atoms with van der Waals surface area (Å²) in [5, 5.41) is 3.22. The minimum Gasteiger partial charge on any atom is -0.345 e. The molecule has 0 unspecified atom stereocenters. The molecule has 2 bridgehead atoms. The van der Waals surface area contributed by atoms with Gasteiger partial charge in [0.25, 0.3) is 5.91 Å². The average molecular weight is 245 g/mol. The van der Waals surface area contributed by atoms with Gasteiger partial charge in [-0.2, -0.15) is 0 Å². The zero-order chi connectivity index (χ0) is 12.6. The minimum absolute atomic E-state index is 0.0155. The van der Waals surface area contributed by atoms with Gasteiger partial charge >= 0.3 is 0 Å². The SMILES string of the molecule is C[C@]12CCC[C@](NC(=O)c3cnccn3)(CC1)C2. The van der Waals surface area contributed by atoms with Crippen LogP contribution < -0.4 is 5.32 Å². The molecule has 1 amide bonds. The number of fused-ring (bicyclic) bond motifs is 2. The Morgan fingerprint density at radius 3 is 2.94 bits per heavy atom. The van der Waals surface area contributed by atoms with E-state index >= 15 is 0 Å². The van der Waals surface area contributed by atoms with Gasteiger partial charge in [0.15, 0.2) is 0 Å². The Bertz CT molecular complexity index is 461. The topological polar surface area (TPSA) is 54.9 Å². The van der Waals surface area contributed by atoms with Crippen LogP contribution in [0.25, 0.3) is 0 Å². The van der Waals surface area contributed by atoms with Crippen LogP contribution in [-0.4, -0.2) is 21.4 Å². The summed E-state index contributed by atoms with van der Waals surface area (Å²) in [6.45, 7) is 2.35. The first kappa shape index (κ1) is 11.6. The van der Waals surface area contributed by atoms with Gasteiger partial charge in [-0.15, -0.1) is 0 Å². The van der Waals surface area contributed by atoms with Gasteiger partial charge in [0.2, 0.25) is 0 Å². The molecule has 2 fully saturated rings. The molecular formula is C14H19N3O. The van der Waals surface area contributed by atoms with Gasteiger partial charge in [-0.3, -0.25) is 9.78 Å². The van der Waals surface area contributed by atoms with E-state index in [0.29, 0.717) is 11.1 Å². The fourth-order valence-corrected chi connectivity index (χ4v) is 3.71. The van der Waals surface area contributed by atoms with Crippen molar-refractivity contribution in [1.29, 1.82) is 0 Å². The first-order valence-electron chi connectivity index (χ1n) is 6.70. The maximum Gasteiger partial charge on any atom is 0.271 e. The molecule has 2 aliphatic rings. The molecule has 4 heteroatoms. The van der Waals surface area contributed by atoms with Crippen LogP contribution in [-0.2, 0) is 0 Å². The number of amides is 1. The lowest BCUT2D eigenvalue weighted by molar-refractivity contribution is 0.0856. The molecular weight excluding hydrogens is 226 g/mol. The number of hydrogen-bond acceptors (Lipinski definition) is 3. The van der Waals surface area contributed by atoms with Gasteiger partial charge in [-0.05, 0) is 37.5 Å². The maximum absolute atomic E-state index is 12.2. The standard InChI is InChI=1S/C14H19N3O/c1-13-3-2-4-14(10-13,6-5-13)17-12(18)11-9-15-7-8-16-11/h7-9H,2-6,10H2,1H3,(H,17,18)/t13-,14-/m0/s1. The van der Waals surface area contributed by atoms with Crippen LogP contribution in [0.1, 0.15) is 55.9 Å². The number of carbonyl (C=O) groups is 1. The molecule has 1 heterocycles. The number of rotatable bonds is 2. The lowest BCUT2D eigenvalue weighted by Crippen LogP contribution is -2.48. The molecule has 0 spiro atoms. The number of carbonyl (C=O) groups excluding carboxylic acids is 1. The highest BCUT2D eigenvalue weighted by Gasteiger charge is 2.49. The van der Waals surface area contributed by atoms with Gasteiger partial charge in [0, 0.05) is 17.9 Å². The Balaban J connectivity index is 1.75. The number of aromatic nitrogens is 2. The Labute approximate surface area is 107 Å². The molecule has 4 nitrogen and oxygen atoms in total. The second-order valence-electron chi connectivity index (χ2n) is 6.17. The second-order valence-corrected chi connectivity index (χ2v) is 6.17. The summed E-state index contributed by atoms with van der Waals surface area (Å²) in [4.78, 5) is 20.2. The highest BCUT2D eigenvalue weighted by Crippen LogP contribution is 2.53. The Kier molecular flexibility index (Phi) is 2.61. The fourth-order valence-electron chi connectivity index (χ4n) is 3.71. The molecule has 0 saturated heterocycles. The van der Waals surface area contributed by atoms with Crippen LogP contribution in [0.3, 0.4) is 0 Å². The first-order valence-corrected chi connectivity index (χ1v) is 6.70. The van der Waals surface area contributed by atoms with E-state index in [1.54, 1.807) is 12.4 Å². The quantitative estimate of drug-likeness (QED) is 0.870. The van der Waals surface area contributed by atoms with E-state index < -0.39 is 0 Å². The fraction of sp³-hybridized carbons (Fsp3) is 0.643. The number of nitrogens with zero attached hydrogens (tertiary/aromatic N) is 2. The zero-order valence-electron chi connectivity index (χ0n) is 10.8. The van der Waals surface area contributed by atoms with Crippen molar-refractivity contribution >= 4 is 5.91 Å². The average Bonchev–Trinajstić information content (AvgIpc) is 2.60. The predicted molar refractivity (Wildman–Crippen MR) is 68.0 cm³/mol. The van der Waals surface area contributed by atoms with Crippen molar-refractivity contribution in [2.45, 2.75) is 51.0 Å². The number of hydrogen-bond donors (Lipinski definition) is 1. The zero-order valence-corrected chi connectivity index (χ0v) is 10.8. The van der Waals surface area contributed by atoms with Crippen molar-refractivity contribution in [2.75, 3.05) is 0 Å². The van der Waals surface area contributed by atoms with E-state index in [4.69, 9.17) is 0 Å². The van der Waals surface area contributed by atoms with Crippen molar-refractivity contribution in [3.05, 3.63) is 24.3 Å². The molecule has 0 radical (unpaired) electrons. The third-order valence-electron chi connectivity index (χ3n) is 4.58. The highest BCUT2D eigenvalue weighted by molar-refractivity contribution is 5.92. The van der Waals surface area contributed by atoms with Gasteiger partial charge in [0.05, 0.1) is 6.20 Å². The van der Waals surface area contributed by atoms with E-state index in [0.717, 1.165) is 19.3 Å². The van der Waals surface area contributed by atoms with Crippen molar-refractivity contribution < 1.29 is 4.79 Å². The predicted octanol–water partition coefficient (Wildman–Crippen LogP) is 2.32. The van der Waals surface area contributed by atoms with Crippen molar-refractivity contribution in [1.82, 2.24) is 15.3 Å². The summed E-state index contributed by atoms with van der Waals surface area (Å²) in [5.74, 6) is -0.0748. The van der Waals surface area contributed by atoms with Crippen molar-refractivity contribution in [3.8, 4) is 0 Å². The van der Waals surface area contributed by atoms with Crippen molar-refractivity contribution in [3.63, 3.8) is 0 Å². The summed E-state index contributed by atoms with van der Waals surface area (Å²) in [6.07, 6.45) is 11.8. The monoisotopic (exact) mass is 245 g/mol. The maximum atomic E-state index is 12.2. The lowest BCUT2D eigenvalue weighted by Gasteiger charge is -2.38. The number of nitrogens with one attached hydrogen (secondary N) is 1. The second kappa shape index (κ2) is 4.04. The van der Waals surface area contributed by atoms with Crippen molar-refractivity contribution in [2.24, 2.45) is 5.41 Å². The van der Waals surface area contributed by atoms with Gasteiger partial charge < -0.3 is 5.32 Å². The van der Waals surface area contributed by atoms with Crippen LogP contribution in [0.4, 0.5) is 0 Å². The summed E-state index contributed by atoms with van der Waals surface area (Å²) >= 11 is 0. The van der Waals surface area contributed by atoms with E-state index in [9.17, 15) is 4.79 Å². The largest absolute Gasteiger partial charge is 0.345 e. The third kappa shape index (κ3) is 2.00. The summed E-state index contributed by atoms with van der Waals surface area (Å²) in [7, 11) is 0. The molecule has 1 N–H and O–H groups in total. The van der Waals surface area contributed by atoms with E-state index in [-0.39, 0.29) is 11.4 Å². The lowest BCUT2D eigenvalue weighted by atomic mass is 9.74. The van der Waals surface area contributed by atoms with Crippen LogP contribution in [0, 0.1) is 5.41 Å². The smallest absolute Gasteiger partial charge is 0.271 e. The molecule has 2 atom stereocenters.